The number of carbonyl (C=O) groups excluding carboxylic acids is 1. The van der Waals surface area contributed by atoms with Crippen LogP contribution in [0.2, 0.25) is 0 Å². The van der Waals surface area contributed by atoms with Gasteiger partial charge in [-0.3, -0.25) is 9.69 Å². The van der Waals surface area contributed by atoms with E-state index in [-0.39, 0.29) is 17.9 Å². The van der Waals surface area contributed by atoms with Crippen molar-refractivity contribution in [3.63, 3.8) is 0 Å². The van der Waals surface area contributed by atoms with Crippen LogP contribution in [0.15, 0.2) is 24.3 Å². The largest absolute Gasteiger partial charge is 0.296 e. The van der Waals surface area contributed by atoms with Crippen molar-refractivity contribution in [1.29, 1.82) is 0 Å². The summed E-state index contributed by atoms with van der Waals surface area (Å²) in [6, 6.07) is 6.53. The molecule has 0 atom stereocenters. The number of rotatable bonds is 6. The third-order valence-electron chi connectivity index (χ3n) is 3.13. The molecule has 0 fully saturated rings. The van der Waals surface area contributed by atoms with Gasteiger partial charge in [0.05, 0.1) is 12.1 Å². The summed E-state index contributed by atoms with van der Waals surface area (Å²) < 4.78 is 13.4. The van der Waals surface area contributed by atoms with Crippen LogP contribution in [0.5, 0.6) is 0 Å². The lowest BCUT2D eigenvalue weighted by Gasteiger charge is -2.25. The van der Waals surface area contributed by atoms with E-state index in [4.69, 9.17) is 0 Å². The van der Waals surface area contributed by atoms with E-state index in [1.807, 2.05) is 11.9 Å². The van der Waals surface area contributed by atoms with Crippen molar-refractivity contribution in [3.05, 3.63) is 35.6 Å². The summed E-state index contributed by atoms with van der Waals surface area (Å²) in [5.41, 5.74) is 0.185. The van der Waals surface area contributed by atoms with E-state index >= 15 is 0 Å². The van der Waals surface area contributed by atoms with Crippen LogP contribution in [0.1, 0.15) is 37.0 Å². The molecule has 0 spiro atoms. The summed E-state index contributed by atoms with van der Waals surface area (Å²) in [6.45, 7) is 4.46. The van der Waals surface area contributed by atoms with E-state index in [1.54, 1.807) is 18.2 Å². The molecule has 3 heteroatoms. The Labute approximate surface area is 102 Å². The number of halogens is 1. The van der Waals surface area contributed by atoms with Gasteiger partial charge in [-0.25, -0.2) is 4.39 Å². The lowest BCUT2D eigenvalue weighted by Crippen LogP contribution is -2.35. The number of carbonyl (C=O) groups is 1. The molecule has 1 aromatic rings. The van der Waals surface area contributed by atoms with Gasteiger partial charge in [-0.2, -0.15) is 0 Å². The highest BCUT2D eigenvalue weighted by atomic mass is 19.1. The Morgan fingerprint density at radius 1 is 1.29 bits per heavy atom. The summed E-state index contributed by atoms with van der Waals surface area (Å²) >= 11 is 0. The van der Waals surface area contributed by atoms with Crippen LogP contribution < -0.4 is 0 Å². The van der Waals surface area contributed by atoms with E-state index in [2.05, 4.69) is 13.8 Å². The second kappa shape index (κ2) is 6.50. The molecule has 0 N–H and O–H groups in total. The van der Waals surface area contributed by atoms with E-state index in [9.17, 15) is 9.18 Å². The average molecular weight is 237 g/mol. The standard InChI is InChI=1S/C14H20FNO/c1-4-11(5-2)16(3)10-14(17)12-8-6-7-9-13(12)15/h6-9,11H,4-5,10H2,1-3H3. The van der Waals surface area contributed by atoms with Crippen molar-refractivity contribution in [1.82, 2.24) is 4.90 Å². The number of hydrogen-bond donors (Lipinski definition) is 0. The molecule has 1 aromatic carbocycles. The molecule has 0 unspecified atom stereocenters. The SMILES string of the molecule is CCC(CC)N(C)CC(=O)c1ccccc1F. The van der Waals surface area contributed by atoms with E-state index in [1.165, 1.54) is 6.07 Å². The molecule has 0 saturated carbocycles. The highest BCUT2D eigenvalue weighted by Gasteiger charge is 2.17. The molecule has 0 saturated heterocycles. The van der Waals surface area contributed by atoms with Gasteiger partial charge in [0.25, 0.3) is 0 Å². The normalized spacial score (nSPS) is 11.2. The average Bonchev–Trinajstić information content (AvgIpc) is 2.31. The Kier molecular flexibility index (Phi) is 5.29. The van der Waals surface area contributed by atoms with Crippen molar-refractivity contribution in [2.45, 2.75) is 32.7 Å². The van der Waals surface area contributed by atoms with Gasteiger partial charge in [-0.15, -0.1) is 0 Å². The molecule has 17 heavy (non-hydrogen) atoms. The Balaban J connectivity index is 2.70. The van der Waals surface area contributed by atoms with Gasteiger partial charge in [-0.1, -0.05) is 26.0 Å². The minimum Gasteiger partial charge on any atom is -0.296 e. The fourth-order valence-corrected chi connectivity index (χ4v) is 2.04. The first kappa shape index (κ1) is 13.8. The third kappa shape index (κ3) is 3.63. The predicted molar refractivity (Wildman–Crippen MR) is 67.7 cm³/mol. The zero-order chi connectivity index (χ0) is 12.8. The second-order valence-corrected chi connectivity index (χ2v) is 4.29. The van der Waals surface area contributed by atoms with Crippen LogP contribution in [-0.4, -0.2) is 30.3 Å². The minimum absolute atomic E-state index is 0.155. The highest BCUT2D eigenvalue weighted by molar-refractivity contribution is 5.97. The maximum Gasteiger partial charge on any atom is 0.179 e. The summed E-state index contributed by atoms with van der Waals surface area (Å²) in [5.74, 6) is -0.590. The van der Waals surface area contributed by atoms with Crippen LogP contribution in [0.3, 0.4) is 0 Å². The molecule has 2 nitrogen and oxygen atoms in total. The summed E-state index contributed by atoms with van der Waals surface area (Å²) in [5, 5.41) is 0. The molecule has 0 radical (unpaired) electrons. The molecule has 0 aliphatic heterocycles. The van der Waals surface area contributed by atoms with Crippen molar-refractivity contribution >= 4 is 5.78 Å². The number of hydrogen-bond acceptors (Lipinski definition) is 2. The smallest absolute Gasteiger partial charge is 0.179 e. The molecule has 0 amide bonds. The zero-order valence-electron chi connectivity index (χ0n) is 10.7. The van der Waals surface area contributed by atoms with Crippen molar-refractivity contribution < 1.29 is 9.18 Å². The maximum absolute atomic E-state index is 13.4. The number of Topliss-reactive ketones (excluding diaryl/α,β-unsaturated/α-hetero) is 1. The molecule has 94 valence electrons. The Morgan fingerprint density at radius 2 is 1.88 bits per heavy atom. The van der Waals surface area contributed by atoms with Gasteiger partial charge in [-0.05, 0) is 32.0 Å². The Bertz CT molecular complexity index is 374. The molecule has 0 bridgehead atoms. The maximum atomic E-state index is 13.4. The van der Waals surface area contributed by atoms with Crippen LogP contribution in [0.25, 0.3) is 0 Å². The van der Waals surface area contributed by atoms with Crippen LogP contribution >= 0.6 is 0 Å². The van der Waals surface area contributed by atoms with E-state index < -0.39 is 5.82 Å². The minimum atomic E-state index is -0.435. The molecule has 0 heterocycles. The van der Waals surface area contributed by atoms with Gasteiger partial charge in [0.1, 0.15) is 5.82 Å². The predicted octanol–water partition coefficient (Wildman–Crippen LogP) is 3.13. The monoisotopic (exact) mass is 237 g/mol. The van der Waals surface area contributed by atoms with Crippen LogP contribution in [0.4, 0.5) is 4.39 Å². The Morgan fingerprint density at radius 3 is 2.41 bits per heavy atom. The lowest BCUT2D eigenvalue weighted by atomic mass is 10.1. The number of likely N-dealkylation sites (N-methyl/N-ethyl adjacent to an activating group) is 1. The highest BCUT2D eigenvalue weighted by Crippen LogP contribution is 2.11. The number of ketones is 1. The van der Waals surface area contributed by atoms with Gasteiger partial charge in [0.15, 0.2) is 5.78 Å². The van der Waals surface area contributed by atoms with Gasteiger partial charge in [0, 0.05) is 6.04 Å². The molecule has 0 aliphatic carbocycles. The number of benzene rings is 1. The van der Waals surface area contributed by atoms with Gasteiger partial charge in [0.2, 0.25) is 0 Å². The number of nitrogens with zero attached hydrogens (tertiary/aromatic N) is 1. The van der Waals surface area contributed by atoms with Crippen LogP contribution in [0, 0.1) is 5.82 Å². The third-order valence-corrected chi connectivity index (χ3v) is 3.13. The van der Waals surface area contributed by atoms with Gasteiger partial charge < -0.3 is 0 Å². The first-order chi connectivity index (χ1) is 8.10. The molecule has 0 aromatic heterocycles. The quantitative estimate of drug-likeness (QED) is 0.708. The second-order valence-electron chi connectivity index (χ2n) is 4.29. The van der Waals surface area contributed by atoms with Gasteiger partial charge >= 0.3 is 0 Å². The molecular weight excluding hydrogens is 217 g/mol. The molecule has 0 aliphatic rings. The van der Waals surface area contributed by atoms with Crippen LogP contribution in [-0.2, 0) is 0 Å². The fraction of sp³-hybridized carbons (Fsp3) is 0.500. The fourth-order valence-electron chi connectivity index (χ4n) is 2.04. The van der Waals surface area contributed by atoms with E-state index in [0.717, 1.165) is 12.8 Å². The molecular formula is C14H20FNO. The topological polar surface area (TPSA) is 20.3 Å². The van der Waals surface area contributed by atoms with Crippen molar-refractivity contribution in [2.75, 3.05) is 13.6 Å². The first-order valence-corrected chi connectivity index (χ1v) is 6.08. The Hall–Kier alpha value is -1.22. The summed E-state index contributed by atoms with van der Waals surface area (Å²) in [7, 11) is 1.91. The molecule has 1 rings (SSSR count). The summed E-state index contributed by atoms with van der Waals surface area (Å²) in [6.07, 6.45) is 2.00. The van der Waals surface area contributed by atoms with E-state index in [0.29, 0.717) is 6.04 Å². The first-order valence-electron chi connectivity index (χ1n) is 6.08. The van der Waals surface area contributed by atoms with Crippen molar-refractivity contribution in [2.24, 2.45) is 0 Å². The van der Waals surface area contributed by atoms with Crippen molar-refractivity contribution in [3.8, 4) is 0 Å². The lowest BCUT2D eigenvalue weighted by molar-refractivity contribution is 0.0911. The zero-order valence-corrected chi connectivity index (χ0v) is 10.7. The summed E-state index contributed by atoms with van der Waals surface area (Å²) in [4.78, 5) is 13.9.